The zero-order valence-electron chi connectivity index (χ0n) is 12.2. The van der Waals surface area contributed by atoms with Crippen molar-refractivity contribution in [2.75, 3.05) is 7.11 Å². The molecule has 1 nitrogen and oxygen atoms in total. The van der Waals surface area contributed by atoms with Gasteiger partial charge < -0.3 is 4.74 Å². The first-order valence-electron chi connectivity index (χ1n) is 7.42. The first-order chi connectivity index (χ1) is 7.87. The lowest BCUT2D eigenvalue weighted by Crippen LogP contribution is -2.45. The molecular formula is C16H28O. The van der Waals surface area contributed by atoms with Crippen LogP contribution in [0.4, 0.5) is 0 Å². The molecule has 5 atom stereocenters. The number of methoxy groups -OCH3 is 1. The zero-order chi connectivity index (χ0) is 12.5. The van der Waals surface area contributed by atoms with Gasteiger partial charge in [-0.2, -0.15) is 0 Å². The molecule has 0 radical (unpaired) electrons. The zero-order valence-corrected chi connectivity index (χ0v) is 12.2. The summed E-state index contributed by atoms with van der Waals surface area (Å²) in [4.78, 5) is 0. The van der Waals surface area contributed by atoms with Crippen LogP contribution in [0, 0.1) is 28.6 Å². The minimum absolute atomic E-state index is 0.138. The van der Waals surface area contributed by atoms with E-state index in [0.29, 0.717) is 10.8 Å². The SMILES string of the molecule is COC1(C)CCC23CC1C(C)(C)C2CCC3C. The largest absolute Gasteiger partial charge is 0.378 e. The number of fused-ring (bicyclic) bond motifs is 1. The van der Waals surface area contributed by atoms with Crippen molar-refractivity contribution in [1.29, 1.82) is 0 Å². The van der Waals surface area contributed by atoms with Crippen molar-refractivity contribution in [2.45, 2.75) is 65.4 Å². The molecule has 0 amide bonds. The third-order valence-corrected chi connectivity index (χ3v) is 7.23. The van der Waals surface area contributed by atoms with Gasteiger partial charge in [0, 0.05) is 7.11 Å². The summed E-state index contributed by atoms with van der Waals surface area (Å²) in [5.41, 5.74) is 1.29. The fraction of sp³-hybridized carbons (Fsp3) is 1.00. The van der Waals surface area contributed by atoms with E-state index in [4.69, 9.17) is 4.74 Å². The van der Waals surface area contributed by atoms with Crippen molar-refractivity contribution in [1.82, 2.24) is 0 Å². The number of hydrogen-bond donors (Lipinski definition) is 0. The Morgan fingerprint density at radius 2 is 1.71 bits per heavy atom. The van der Waals surface area contributed by atoms with Gasteiger partial charge in [0.25, 0.3) is 0 Å². The highest BCUT2D eigenvalue weighted by molar-refractivity contribution is 5.17. The van der Waals surface area contributed by atoms with Crippen LogP contribution in [-0.2, 0) is 4.74 Å². The normalized spacial score (nSPS) is 55.9. The maximum atomic E-state index is 5.94. The average Bonchev–Trinajstić information content (AvgIpc) is 2.70. The second kappa shape index (κ2) is 3.29. The Morgan fingerprint density at radius 3 is 2.35 bits per heavy atom. The van der Waals surface area contributed by atoms with E-state index in [2.05, 4.69) is 27.7 Å². The lowest BCUT2D eigenvalue weighted by Gasteiger charge is -2.46. The summed E-state index contributed by atoms with van der Waals surface area (Å²) in [7, 11) is 1.92. The van der Waals surface area contributed by atoms with Crippen LogP contribution < -0.4 is 0 Å². The van der Waals surface area contributed by atoms with Gasteiger partial charge in [-0.25, -0.2) is 0 Å². The molecule has 0 aromatic heterocycles. The molecule has 0 aliphatic heterocycles. The third-order valence-electron chi connectivity index (χ3n) is 7.23. The summed E-state index contributed by atoms with van der Waals surface area (Å²) in [5.74, 6) is 2.66. The monoisotopic (exact) mass is 236 g/mol. The summed E-state index contributed by atoms with van der Waals surface area (Å²) in [6, 6.07) is 0. The molecule has 3 saturated carbocycles. The van der Waals surface area contributed by atoms with Crippen molar-refractivity contribution in [3.8, 4) is 0 Å². The molecule has 3 aliphatic carbocycles. The maximum absolute atomic E-state index is 5.94. The summed E-state index contributed by atoms with van der Waals surface area (Å²) in [6.07, 6.45) is 7.03. The van der Waals surface area contributed by atoms with Gasteiger partial charge >= 0.3 is 0 Å². The molecule has 1 heteroatoms. The van der Waals surface area contributed by atoms with E-state index in [1.807, 2.05) is 7.11 Å². The molecule has 1 spiro atoms. The number of ether oxygens (including phenoxy) is 1. The van der Waals surface area contributed by atoms with Gasteiger partial charge in [-0.05, 0) is 67.6 Å². The van der Waals surface area contributed by atoms with Crippen molar-refractivity contribution < 1.29 is 4.74 Å². The van der Waals surface area contributed by atoms with Crippen molar-refractivity contribution >= 4 is 0 Å². The van der Waals surface area contributed by atoms with Crippen LogP contribution in [0.3, 0.4) is 0 Å². The second-order valence-corrected chi connectivity index (χ2v) is 7.86. The molecule has 0 aromatic rings. The maximum Gasteiger partial charge on any atom is 0.0684 e. The van der Waals surface area contributed by atoms with E-state index in [0.717, 1.165) is 17.8 Å². The fourth-order valence-electron chi connectivity index (χ4n) is 6.10. The lowest BCUT2D eigenvalue weighted by molar-refractivity contribution is -0.100. The molecule has 2 bridgehead atoms. The van der Waals surface area contributed by atoms with Crippen molar-refractivity contribution in [3.05, 3.63) is 0 Å². The Bertz CT molecular complexity index is 334. The minimum Gasteiger partial charge on any atom is -0.378 e. The van der Waals surface area contributed by atoms with E-state index in [9.17, 15) is 0 Å². The Labute approximate surface area is 106 Å². The van der Waals surface area contributed by atoms with Crippen LogP contribution >= 0.6 is 0 Å². The molecule has 0 heterocycles. The van der Waals surface area contributed by atoms with Gasteiger partial charge in [-0.1, -0.05) is 20.8 Å². The minimum atomic E-state index is 0.138. The van der Waals surface area contributed by atoms with E-state index < -0.39 is 0 Å². The van der Waals surface area contributed by atoms with Gasteiger partial charge in [0.2, 0.25) is 0 Å². The highest BCUT2D eigenvalue weighted by Gasteiger charge is 2.68. The average molecular weight is 236 g/mol. The van der Waals surface area contributed by atoms with E-state index >= 15 is 0 Å². The molecule has 0 N–H and O–H groups in total. The van der Waals surface area contributed by atoms with Gasteiger partial charge in [0.15, 0.2) is 0 Å². The molecule has 3 aliphatic rings. The van der Waals surface area contributed by atoms with E-state index in [1.165, 1.54) is 32.1 Å². The molecule has 3 rings (SSSR count). The van der Waals surface area contributed by atoms with Gasteiger partial charge in [0.05, 0.1) is 5.60 Å². The Hall–Kier alpha value is -0.0400. The molecule has 98 valence electrons. The lowest BCUT2D eigenvalue weighted by atomic mass is 9.64. The Balaban J connectivity index is 2.04. The summed E-state index contributed by atoms with van der Waals surface area (Å²) < 4.78 is 5.94. The Morgan fingerprint density at radius 1 is 1.00 bits per heavy atom. The first kappa shape index (κ1) is 12.0. The molecule has 0 aromatic carbocycles. The Kier molecular flexibility index (Phi) is 2.32. The highest BCUT2D eigenvalue weighted by atomic mass is 16.5. The standard InChI is InChI=1S/C16H28O/c1-11-6-7-12-14(2,3)13-10-16(11,12)9-8-15(13,4)17-5/h11-13H,6-10H2,1-5H3. The van der Waals surface area contributed by atoms with Gasteiger partial charge in [-0.3, -0.25) is 0 Å². The molecule has 5 unspecified atom stereocenters. The predicted molar refractivity (Wildman–Crippen MR) is 70.9 cm³/mol. The molecular weight excluding hydrogens is 208 g/mol. The van der Waals surface area contributed by atoms with Crippen LogP contribution in [0.25, 0.3) is 0 Å². The van der Waals surface area contributed by atoms with Crippen molar-refractivity contribution in [3.63, 3.8) is 0 Å². The van der Waals surface area contributed by atoms with Crippen LogP contribution in [-0.4, -0.2) is 12.7 Å². The number of rotatable bonds is 1. The van der Waals surface area contributed by atoms with Crippen LogP contribution in [0.1, 0.15) is 59.8 Å². The van der Waals surface area contributed by atoms with Crippen LogP contribution in [0.15, 0.2) is 0 Å². The number of hydrogen-bond acceptors (Lipinski definition) is 1. The topological polar surface area (TPSA) is 9.23 Å². The predicted octanol–water partition coefficient (Wildman–Crippen LogP) is 4.26. The second-order valence-electron chi connectivity index (χ2n) is 7.86. The molecule has 0 saturated heterocycles. The fourth-order valence-corrected chi connectivity index (χ4v) is 6.10. The quantitative estimate of drug-likeness (QED) is 0.661. The van der Waals surface area contributed by atoms with E-state index in [-0.39, 0.29) is 5.60 Å². The van der Waals surface area contributed by atoms with E-state index in [1.54, 1.807) is 0 Å². The van der Waals surface area contributed by atoms with Crippen molar-refractivity contribution in [2.24, 2.45) is 28.6 Å². The molecule has 3 fully saturated rings. The van der Waals surface area contributed by atoms with Gasteiger partial charge in [-0.15, -0.1) is 0 Å². The summed E-state index contributed by atoms with van der Waals surface area (Å²) >= 11 is 0. The van der Waals surface area contributed by atoms with Crippen LogP contribution in [0.5, 0.6) is 0 Å². The first-order valence-corrected chi connectivity index (χ1v) is 7.42. The molecule has 17 heavy (non-hydrogen) atoms. The highest BCUT2D eigenvalue weighted by Crippen LogP contribution is 2.73. The smallest absolute Gasteiger partial charge is 0.0684 e. The third kappa shape index (κ3) is 1.25. The summed E-state index contributed by atoms with van der Waals surface area (Å²) in [6.45, 7) is 9.90. The summed E-state index contributed by atoms with van der Waals surface area (Å²) in [5, 5.41) is 0. The van der Waals surface area contributed by atoms with Gasteiger partial charge in [0.1, 0.15) is 0 Å². The van der Waals surface area contributed by atoms with Crippen LogP contribution in [0.2, 0.25) is 0 Å².